The van der Waals surface area contributed by atoms with Gasteiger partial charge < -0.3 is 10.1 Å². The Morgan fingerprint density at radius 1 is 1.14 bits per heavy atom. The second-order valence-electron chi connectivity index (χ2n) is 6.41. The van der Waals surface area contributed by atoms with Crippen molar-refractivity contribution >= 4 is 37.8 Å². The van der Waals surface area contributed by atoms with E-state index < -0.39 is 10.0 Å². The van der Waals surface area contributed by atoms with Crippen LogP contribution in [0.1, 0.15) is 24.8 Å². The number of nitrogens with one attached hydrogen (secondary N) is 2. The fraction of sp³-hybridized carbons (Fsp3) is 0.368. The van der Waals surface area contributed by atoms with Gasteiger partial charge in [0.2, 0.25) is 10.0 Å². The molecule has 0 aliphatic carbocycles. The number of unbranched alkanes of at least 4 members (excludes halogenated alkanes) is 2. The van der Waals surface area contributed by atoms with Gasteiger partial charge >= 0.3 is 0 Å². The molecule has 0 saturated carbocycles. The number of hydrogen-bond donors (Lipinski definition) is 2. The third kappa shape index (κ3) is 5.99. The summed E-state index contributed by atoms with van der Waals surface area (Å²) in [7, 11) is -2.11. The number of methoxy groups -OCH3 is 1. The molecule has 29 heavy (non-hydrogen) atoms. The first-order chi connectivity index (χ1) is 14.0. The first-order valence-corrected chi connectivity index (χ1v) is 12.5. The summed E-state index contributed by atoms with van der Waals surface area (Å²) in [6.45, 7) is 3.04. The van der Waals surface area contributed by atoms with E-state index >= 15 is 0 Å². The van der Waals surface area contributed by atoms with Crippen molar-refractivity contribution in [2.24, 2.45) is 0 Å². The molecule has 1 aromatic carbocycles. The molecule has 0 aliphatic rings. The summed E-state index contributed by atoms with van der Waals surface area (Å²) in [5.74, 6) is 0.355. The van der Waals surface area contributed by atoms with Gasteiger partial charge in [0.25, 0.3) is 0 Å². The maximum Gasteiger partial charge on any atom is 0.244 e. The Hall–Kier alpha value is -2.01. The van der Waals surface area contributed by atoms with Crippen LogP contribution in [0.2, 0.25) is 0 Å². The fourth-order valence-electron chi connectivity index (χ4n) is 2.70. The fourth-order valence-corrected chi connectivity index (χ4v) is 5.43. The van der Waals surface area contributed by atoms with E-state index in [1.54, 1.807) is 41.0 Å². The lowest BCUT2D eigenvalue weighted by Crippen LogP contribution is -2.25. The number of aromatic nitrogens is 2. The summed E-state index contributed by atoms with van der Waals surface area (Å²) in [4.78, 5) is 8.97. The summed E-state index contributed by atoms with van der Waals surface area (Å²) in [6, 6.07) is 5.13. The van der Waals surface area contributed by atoms with Crippen molar-refractivity contribution in [1.29, 1.82) is 0 Å². The van der Waals surface area contributed by atoms with E-state index in [9.17, 15) is 8.42 Å². The monoisotopic (exact) mass is 452 g/mol. The third-order valence-electron chi connectivity index (χ3n) is 4.19. The molecular formula is C19H24N4O3S3. The third-order valence-corrected chi connectivity index (χ3v) is 7.26. The van der Waals surface area contributed by atoms with Crippen molar-refractivity contribution in [3.8, 4) is 16.5 Å². The van der Waals surface area contributed by atoms with Crippen LogP contribution < -0.4 is 14.8 Å². The van der Waals surface area contributed by atoms with Crippen molar-refractivity contribution in [2.45, 2.75) is 31.1 Å². The molecule has 0 unspecified atom stereocenters. The Morgan fingerprint density at radius 3 is 2.72 bits per heavy atom. The summed E-state index contributed by atoms with van der Waals surface area (Å²) in [5, 5.41) is 9.04. The molecule has 10 heteroatoms. The number of rotatable bonds is 11. The van der Waals surface area contributed by atoms with Gasteiger partial charge in [0.05, 0.1) is 7.11 Å². The minimum Gasteiger partial charge on any atom is -0.495 e. The molecule has 156 valence electrons. The maximum absolute atomic E-state index is 12.5. The molecule has 0 spiro atoms. The summed E-state index contributed by atoms with van der Waals surface area (Å²) >= 11 is 3.13. The van der Waals surface area contributed by atoms with Gasteiger partial charge in [-0.05, 0) is 37.5 Å². The second-order valence-corrected chi connectivity index (χ2v) is 9.90. The average Bonchev–Trinajstić information content (AvgIpc) is 3.39. The minimum absolute atomic E-state index is 0.182. The number of nitrogens with zero attached hydrogens (tertiary/aromatic N) is 2. The largest absolute Gasteiger partial charge is 0.495 e. The molecule has 0 aliphatic heterocycles. The van der Waals surface area contributed by atoms with E-state index in [0.717, 1.165) is 47.2 Å². The quantitative estimate of drug-likeness (QED) is 0.425. The predicted octanol–water partition coefficient (Wildman–Crippen LogP) is 4.14. The van der Waals surface area contributed by atoms with Crippen molar-refractivity contribution in [3.05, 3.63) is 40.7 Å². The lowest BCUT2D eigenvalue weighted by atomic mass is 10.2. The van der Waals surface area contributed by atoms with E-state index in [2.05, 4.69) is 20.0 Å². The molecule has 2 N–H and O–H groups in total. The van der Waals surface area contributed by atoms with Crippen molar-refractivity contribution in [1.82, 2.24) is 14.7 Å². The SMILES string of the molecule is COc1ccc(C)cc1S(=O)(=O)NCCCCCNc1nc(-c2nccs2)cs1. The number of anilines is 1. The van der Waals surface area contributed by atoms with Crippen LogP contribution in [0.4, 0.5) is 5.13 Å². The topological polar surface area (TPSA) is 93.2 Å². The van der Waals surface area contributed by atoms with E-state index in [4.69, 9.17) is 4.74 Å². The van der Waals surface area contributed by atoms with Crippen LogP contribution in [-0.4, -0.2) is 38.6 Å². The molecule has 2 aromatic heterocycles. The molecule has 0 fully saturated rings. The highest BCUT2D eigenvalue weighted by atomic mass is 32.2. The van der Waals surface area contributed by atoms with Crippen LogP contribution in [0.5, 0.6) is 5.75 Å². The Labute approximate surface area is 179 Å². The molecule has 3 aromatic rings. The van der Waals surface area contributed by atoms with Crippen molar-refractivity contribution < 1.29 is 13.2 Å². The Morgan fingerprint density at radius 2 is 1.97 bits per heavy atom. The Bertz CT molecular complexity index is 1020. The van der Waals surface area contributed by atoms with Crippen LogP contribution >= 0.6 is 22.7 Å². The van der Waals surface area contributed by atoms with Crippen LogP contribution in [0.3, 0.4) is 0 Å². The molecule has 0 bridgehead atoms. The van der Waals surface area contributed by atoms with Gasteiger partial charge in [-0.1, -0.05) is 12.5 Å². The van der Waals surface area contributed by atoms with Crippen LogP contribution in [-0.2, 0) is 10.0 Å². The van der Waals surface area contributed by atoms with E-state index in [0.29, 0.717) is 12.3 Å². The molecule has 0 saturated heterocycles. The Kier molecular flexibility index (Phi) is 7.59. The number of hydrogen-bond acceptors (Lipinski definition) is 8. The number of thiazole rings is 2. The van der Waals surface area contributed by atoms with Gasteiger partial charge in [0.15, 0.2) is 5.13 Å². The summed E-state index contributed by atoms with van der Waals surface area (Å²) in [6.07, 6.45) is 4.37. The second kappa shape index (κ2) is 10.1. The zero-order valence-corrected chi connectivity index (χ0v) is 18.8. The summed E-state index contributed by atoms with van der Waals surface area (Å²) < 4.78 is 32.9. The van der Waals surface area contributed by atoms with E-state index in [1.807, 2.05) is 23.8 Å². The highest BCUT2D eigenvalue weighted by Gasteiger charge is 2.18. The first-order valence-electron chi connectivity index (χ1n) is 9.23. The molecule has 2 heterocycles. The van der Waals surface area contributed by atoms with E-state index in [-0.39, 0.29) is 4.90 Å². The zero-order valence-electron chi connectivity index (χ0n) is 16.3. The summed E-state index contributed by atoms with van der Waals surface area (Å²) in [5.41, 5.74) is 1.77. The van der Waals surface area contributed by atoms with Gasteiger partial charge in [-0.15, -0.1) is 22.7 Å². The molecule has 0 radical (unpaired) electrons. The van der Waals surface area contributed by atoms with Gasteiger partial charge in [-0.2, -0.15) is 0 Å². The number of aryl methyl sites for hydroxylation is 1. The smallest absolute Gasteiger partial charge is 0.244 e. The van der Waals surface area contributed by atoms with Crippen LogP contribution in [0.15, 0.2) is 40.1 Å². The molecule has 0 amide bonds. The lowest BCUT2D eigenvalue weighted by molar-refractivity contribution is 0.402. The lowest BCUT2D eigenvalue weighted by Gasteiger charge is -2.11. The molecular weight excluding hydrogens is 428 g/mol. The zero-order chi connectivity index (χ0) is 20.7. The number of sulfonamides is 1. The molecule has 7 nitrogen and oxygen atoms in total. The van der Waals surface area contributed by atoms with Gasteiger partial charge in [0.1, 0.15) is 21.3 Å². The van der Waals surface area contributed by atoms with Crippen molar-refractivity contribution in [2.75, 3.05) is 25.5 Å². The highest BCUT2D eigenvalue weighted by Crippen LogP contribution is 2.26. The van der Waals surface area contributed by atoms with E-state index in [1.165, 1.54) is 7.11 Å². The van der Waals surface area contributed by atoms with Crippen molar-refractivity contribution in [3.63, 3.8) is 0 Å². The first kappa shape index (κ1) is 21.7. The maximum atomic E-state index is 12.5. The average molecular weight is 453 g/mol. The minimum atomic E-state index is -3.58. The van der Waals surface area contributed by atoms with Gasteiger partial charge in [-0.3, -0.25) is 0 Å². The molecule has 0 atom stereocenters. The van der Waals surface area contributed by atoms with Crippen LogP contribution in [0.25, 0.3) is 10.7 Å². The van der Waals surface area contributed by atoms with Crippen LogP contribution in [0, 0.1) is 6.92 Å². The highest BCUT2D eigenvalue weighted by molar-refractivity contribution is 7.89. The number of benzene rings is 1. The number of ether oxygens (including phenoxy) is 1. The Balaban J connectivity index is 1.37. The van der Waals surface area contributed by atoms with Gasteiger partial charge in [-0.25, -0.2) is 23.1 Å². The van der Waals surface area contributed by atoms with Gasteiger partial charge in [0, 0.05) is 30.0 Å². The molecule has 3 rings (SSSR count). The standard InChI is InChI=1S/C19H24N4O3S3/c1-14-6-7-16(26-2)17(12-14)29(24,25)22-9-5-3-4-8-21-19-23-15(13-28-19)18-20-10-11-27-18/h6-7,10-13,22H,3-5,8-9H2,1-2H3,(H,21,23). The predicted molar refractivity (Wildman–Crippen MR) is 118 cm³/mol. The normalized spacial score (nSPS) is 11.5.